The standard InChI is InChI=1S/C16H23IO/c1-2-3-4-5-6-10-13-16(18)14-17-15-11-8-7-9-12-15/h7-9,11-12,14H,2-6,10,13H2,1H3/p+1/b16-14-. The number of rotatable bonds is 9. The highest BCUT2D eigenvalue weighted by Crippen LogP contribution is 2.09. The molecule has 0 saturated carbocycles. The van der Waals surface area contributed by atoms with Crippen LogP contribution >= 0.6 is 0 Å². The second kappa shape index (κ2) is 10.4. The number of unbranched alkanes of at least 4 members (excludes halogenated alkanes) is 5. The average Bonchev–Trinajstić information content (AvgIpc) is 2.41. The number of hydrogen-bond donors (Lipinski definition) is 1. The van der Waals surface area contributed by atoms with Crippen LogP contribution in [0.3, 0.4) is 0 Å². The normalized spacial score (nSPS) is 11.7. The van der Waals surface area contributed by atoms with Crippen LogP contribution in [0.4, 0.5) is 0 Å². The monoisotopic (exact) mass is 359 g/mol. The number of aliphatic hydroxyl groups excluding tert-OH is 1. The molecule has 0 spiro atoms. The van der Waals surface area contributed by atoms with Gasteiger partial charge < -0.3 is 5.11 Å². The molecular formula is C16H24IO+. The Bertz CT molecular complexity index is 332. The molecule has 100 valence electrons. The Balaban J connectivity index is 2.11. The van der Waals surface area contributed by atoms with E-state index < -0.39 is 0 Å². The summed E-state index contributed by atoms with van der Waals surface area (Å²) in [4.78, 5) is 0. The molecule has 0 unspecified atom stereocenters. The molecule has 0 fully saturated rings. The zero-order valence-electron chi connectivity index (χ0n) is 11.2. The lowest BCUT2D eigenvalue weighted by molar-refractivity contribution is -0.558. The van der Waals surface area contributed by atoms with Crippen LogP contribution in [0, 0.1) is 3.57 Å². The minimum Gasteiger partial charge on any atom is -0.508 e. The third-order valence-corrected chi connectivity index (χ3v) is 5.29. The first-order chi connectivity index (χ1) is 8.83. The van der Waals surface area contributed by atoms with E-state index in [1.165, 1.54) is 35.7 Å². The predicted octanol–water partition coefficient (Wildman–Crippen LogP) is 2.10. The molecule has 0 atom stereocenters. The van der Waals surface area contributed by atoms with Crippen molar-refractivity contribution in [2.75, 3.05) is 0 Å². The van der Waals surface area contributed by atoms with Crippen molar-refractivity contribution in [2.24, 2.45) is 0 Å². The molecule has 1 aromatic carbocycles. The van der Waals surface area contributed by atoms with E-state index in [1.807, 2.05) is 6.07 Å². The molecule has 0 saturated heterocycles. The molecule has 1 nitrogen and oxygen atoms in total. The number of benzene rings is 1. The molecule has 0 amide bonds. The van der Waals surface area contributed by atoms with Crippen LogP contribution in [-0.2, 0) is 0 Å². The highest BCUT2D eigenvalue weighted by molar-refractivity contribution is 4.99. The van der Waals surface area contributed by atoms with Crippen molar-refractivity contribution in [1.29, 1.82) is 0 Å². The molecule has 0 aliphatic carbocycles. The van der Waals surface area contributed by atoms with Gasteiger partial charge in [-0.2, -0.15) is 0 Å². The fourth-order valence-electron chi connectivity index (χ4n) is 1.75. The van der Waals surface area contributed by atoms with E-state index in [0.29, 0.717) is 5.76 Å². The van der Waals surface area contributed by atoms with Crippen molar-refractivity contribution >= 4 is 0 Å². The Labute approximate surface area is 122 Å². The Morgan fingerprint density at radius 3 is 2.44 bits per heavy atom. The van der Waals surface area contributed by atoms with Crippen molar-refractivity contribution in [2.45, 2.75) is 51.9 Å². The van der Waals surface area contributed by atoms with Gasteiger partial charge in [0.1, 0.15) is 5.76 Å². The Morgan fingerprint density at radius 1 is 1.06 bits per heavy atom. The molecule has 1 rings (SSSR count). The second-order valence-corrected chi connectivity index (χ2v) is 7.01. The van der Waals surface area contributed by atoms with Gasteiger partial charge in [0.2, 0.25) is 0 Å². The zero-order valence-corrected chi connectivity index (χ0v) is 13.4. The summed E-state index contributed by atoms with van der Waals surface area (Å²) in [5, 5.41) is 9.80. The van der Waals surface area contributed by atoms with E-state index in [1.54, 1.807) is 0 Å². The average molecular weight is 359 g/mol. The van der Waals surface area contributed by atoms with Gasteiger partial charge in [-0.3, -0.25) is 0 Å². The van der Waals surface area contributed by atoms with Crippen molar-refractivity contribution in [3.05, 3.63) is 43.7 Å². The lowest BCUT2D eigenvalue weighted by Crippen LogP contribution is -3.59. The van der Waals surface area contributed by atoms with Crippen LogP contribution < -0.4 is 21.2 Å². The minimum absolute atomic E-state index is 0.158. The van der Waals surface area contributed by atoms with Gasteiger partial charge in [-0.05, 0) is 18.6 Å². The lowest BCUT2D eigenvalue weighted by atomic mass is 10.1. The predicted molar refractivity (Wildman–Crippen MR) is 73.8 cm³/mol. The summed E-state index contributed by atoms with van der Waals surface area (Å²) in [5.74, 6) is 0.599. The molecule has 0 radical (unpaired) electrons. The smallest absolute Gasteiger partial charge is 0.353 e. The Kier molecular flexibility index (Phi) is 9.00. The number of hydrogen-bond acceptors (Lipinski definition) is 1. The highest BCUT2D eigenvalue weighted by atomic mass is 127. The molecule has 0 heterocycles. The van der Waals surface area contributed by atoms with Crippen LogP contribution in [0.15, 0.2) is 40.2 Å². The van der Waals surface area contributed by atoms with Crippen LogP contribution in [0.1, 0.15) is 51.9 Å². The van der Waals surface area contributed by atoms with Crippen LogP contribution in [0.5, 0.6) is 0 Å². The molecule has 1 N–H and O–H groups in total. The molecule has 18 heavy (non-hydrogen) atoms. The minimum atomic E-state index is -0.158. The SMILES string of the molecule is CCCCCCCC/C(O)=C/[I+]c1ccccc1. The quantitative estimate of drug-likeness (QED) is 0.407. The molecule has 0 bridgehead atoms. The summed E-state index contributed by atoms with van der Waals surface area (Å²) in [7, 11) is 0. The van der Waals surface area contributed by atoms with Crippen molar-refractivity contribution in [3.63, 3.8) is 0 Å². The van der Waals surface area contributed by atoms with E-state index >= 15 is 0 Å². The first-order valence-electron chi connectivity index (χ1n) is 6.89. The summed E-state index contributed by atoms with van der Waals surface area (Å²) in [6.45, 7) is 2.24. The Hall–Kier alpha value is -0.510. The number of allylic oxidation sites excluding steroid dienone is 1. The molecular weight excluding hydrogens is 335 g/mol. The van der Waals surface area contributed by atoms with E-state index in [9.17, 15) is 5.11 Å². The van der Waals surface area contributed by atoms with Gasteiger partial charge in [-0.25, -0.2) is 0 Å². The van der Waals surface area contributed by atoms with Gasteiger partial charge in [-0.15, -0.1) is 0 Å². The van der Waals surface area contributed by atoms with Gasteiger partial charge in [0.15, 0.2) is 7.65 Å². The van der Waals surface area contributed by atoms with Gasteiger partial charge in [0.05, 0.1) is 0 Å². The molecule has 0 aromatic heterocycles. The molecule has 0 aliphatic heterocycles. The Morgan fingerprint density at radius 2 is 1.72 bits per heavy atom. The summed E-state index contributed by atoms with van der Waals surface area (Å²) in [6.07, 6.45) is 8.55. The van der Waals surface area contributed by atoms with Gasteiger partial charge in [0, 0.05) is 6.42 Å². The second-order valence-electron chi connectivity index (χ2n) is 4.52. The maximum absolute atomic E-state index is 9.80. The molecule has 1 aromatic rings. The van der Waals surface area contributed by atoms with Gasteiger partial charge in [-0.1, -0.05) is 57.2 Å². The number of aliphatic hydroxyl groups is 1. The fraction of sp³-hybridized carbons (Fsp3) is 0.500. The van der Waals surface area contributed by atoms with E-state index in [2.05, 4.69) is 35.3 Å². The number of halogens is 1. The van der Waals surface area contributed by atoms with E-state index in [-0.39, 0.29) is 21.2 Å². The third-order valence-electron chi connectivity index (χ3n) is 2.83. The lowest BCUT2D eigenvalue weighted by Gasteiger charge is -1.99. The van der Waals surface area contributed by atoms with Gasteiger partial charge >= 0.3 is 21.2 Å². The maximum Gasteiger partial charge on any atom is 0.353 e. The van der Waals surface area contributed by atoms with E-state index in [4.69, 9.17) is 0 Å². The first-order valence-corrected chi connectivity index (χ1v) is 9.22. The molecule has 0 aliphatic rings. The van der Waals surface area contributed by atoms with Crippen LogP contribution in [0.25, 0.3) is 0 Å². The zero-order chi connectivity index (χ0) is 13.1. The van der Waals surface area contributed by atoms with Crippen molar-refractivity contribution < 1.29 is 26.3 Å². The van der Waals surface area contributed by atoms with Crippen molar-refractivity contribution in [1.82, 2.24) is 0 Å². The van der Waals surface area contributed by atoms with Crippen LogP contribution in [-0.4, -0.2) is 5.11 Å². The summed E-state index contributed by atoms with van der Waals surface area (Å²) in [6, 6.07) is 10.4. The first kappa shape index (κ1) is 15.5. The largest absolute Gasteiger partial charge is 0.508 e. The van der Waals surface area contributed by atoms with Gasteiger partial charge in [0.25, 0.3) is 0 Å². The summed E-state index contributed by atoms with van der Waals surface area (Å²) < 4.78 is 3.42. The topological polar surface area (TPSA) is 20.2 Å². The fourth-order valence-corrected chi connectivity index (χ4v) is 3.62. The molecule has 2 heteroatoms. The van der Waals surface area contributed by atoms with E-state index in [0.717, 1.165) is 12.8 Å². The van der Waals surface area contributed by atoms with Crippen LogP contribution in [0.2, 0.25) is 0 Å². The maximum atomic E-state index is 9.80. The highest BCUT2D eigenvalue weighted by Gasteiger charge is 2.08. The summed E-state index contributed by atoms with van der Waals surface area (Å²) in [5.41, 5.74) is 0. The third kappa shape index (κ3) is 7.75. The summed E-state index contributed by atoms with van der Waals surface area (Å²) >= 11 is -0.158. The van der Waals surface area contributed by atoms with Crippen molar-refractivity contribution in [3.8, 4) is 0 Å².